The first-order chi connectivity index (χ1) is 8.35. The van der Waals surface area contributed by atoms with Crippen LogP contribution < -0.4 is 0 Å². The number of hydrogen-bond acceptors (Lipinski definition) is 1. The van der Waals surface area contributed by atoms with Gasteiger partial charge in [0.1, 0.15) is 5.82 Å². The molecule has 0 N–H and O–H groups in total. The van der Waals surface area contributed by atoms with Gasteiger partial charge in [-0.2, -0.15) is 0 Å². The van der Waals surface area contributed by atoms with Crippen LogP contribution in [0.15, 0.2) is 34.3 Å². The van der Waals surface area contributed by atoms with Gasteiger partial charge in [0.2, 0.25) is 0 Å². The molecule has 0 bridgehead atoms. The molecule has 0 radical (unpaired) electrons. The number of benzene rings is 1. The summed E-state index contributed by atoms with van der Waals surface area (Å²) in [5.74, 6) is -0.0564. The van der Waals surface area contributed by atoms with Crippen molar-refractivity contribution in [2.24, 2.45) is 5.41 Å². The molecular formula is C15H16BrFO. The van der Waals surface area contributed by atoms with Crippen LogP contribution in [0, 0.1) is 11.2 Å². The second kappa shape index (κ2) is 4.96. The van der Waals surface area contributed by atoms with Gasteiger partial charge in [-0.3, -0.25) is 4.79 Å². The van der Waals surface area contributed by atoms with E-state index in [4.69, 9.17) is 0 Å². The molecule has 1 aliphatic carbocycles. The van der Waals surface area contributed by atoms with Crippen LogP contribution in [0.3, 0.4) is 0 Å². The SMILES string of the molecule is CC1(C)CC(=O)C=C(Cc2ccc(F)cc2Br)C1. The van der Waals surface area contributed by atoms with Crippen LogP contribution in [0.25, 0.3) is 0 Å². The Bertz CT molecular complexity index is 517. The Morgan fingerprint density at radius 2 is 2.06 bits per heavy atom. The van der Waals surface area contributed by atoms with E-state index >= 15 is 0 Å². The van der Waals surface area contributed by atoms with E-state index in [9.17, 15) is 9.18 Å². The standard InChI is InChI=1S/C15H16BrFO/c1-15(2)8-10(6-13(18)9-15)5-11-3-4-12(17)7-14(11)16/h3-4,6-7H,5,8-9H2,1-2H3. The Labute approximate surface area is 115 Å². The fourth-order valence-corrected chi connectivity index (χ4v) is 2.99. The van der Waals surface area contributed by atoms with Gasteiger partial charge < -0.3 is 0 Å². The maximum Gasteiger partial charge on any atom is 0.156 e. The van der Waals surface area contributed by atoms with Crippen LogP contribution >= 0.6 is 15.9 Å². The lowest BCUT2D eigenvalue weighted by atomic mass is 9.75. The van der Waals surface area contributed by atoms with Crippen LogP contribution in [0.5, 0.6) is 0 Å². The van der Waals surface area contributed by atoms with Gasteiger partial charge in [-0.1, -0.05) is 41.4 Å². The van der Waals surface area contributed by atoms with Crippen molar-refractivity contribution in [3.05, 3.63) is 45.7 Å². The van der Waals surface area contributed by atoms with Gasteiger partial charge in [-0.25, -0.2) is 4.39 Å². The van der Waals surface area contributed by atoms with Crippen molar-refractivity contribution in [1.29, 1.82) is 0 Å². The summed E-state index contributed by atoms with van der Waals surface area (Å²) < 4.78 is 13.8. The third-order valence-corrected chi connectivity index (χ3v) is 3.89. The third-order valence-electron chi connectivity index (χ3n) is 3.16. The Hall–Kier alpha value is -0.960. The molecule has 18 heavy (non-hydrogen) atoms. The molecule has 0 atom stereocenters. The molecular weight excluding hydrogens is 295 g/mol. The predicted octanol–water partition coefficient (Wildman–Crippen LogP) is 4.45. The van der Waals surface area contributed by atoms with E-state index in [1.807, 2.05) is 0 Å². The zero-order chi connectivity index (χ0) is 13.3. The highest BCUT2D eigenvalue weighted by Gasteiger charge is 2.27. The number of carbonyl (C=O) groups is 1. The maximum absolute atomic E-state index is 13.0. The minimum absolute atomic E-state index is 0.0354. The van der Waals surface area contributed by atoms with Gasteiger partial charge in [-0.15, -0.1) is 0 Å². The van der Waals surface area contributed by atoms with Crippen molar-refractivity contribution in [3.63, 3.8) is 0 Å². The lowest BCUT2D eigenvalue weighted by Gasteiger charge is -2.29. The van der Waals surface area contributed by atoms with Gasteiger partial charge in [0.05, 0.1) is 0 Å². The molecule has 0 aliphatic heterocycles. The summed E-state index contributed by atoms with van der Waals surface area (Å²) in [5, 5.41) is 0. The minimum Gasteiger partial charge on any atom is -0.295 e. The fraction of sp³-hybridized carbons (Fsp3) is 0.400. The highest BCUT2D eigenvalue weighted by Crippen LogP contribution is 2.35. The molecule has 1 aliphatic rings. The number of allylic oxidation sites excluding steroid dienone is 2. The summed E-state index contributed by atoms with van der Waals surface area (Å²) in [6, 6.07) is 4.69. The minimum atomic E-state index is -0.250. The van der Waals surface area contributed by atoms with Crippen LogP contribution in [-0.2, 0) is 11.2 Å². The molecule has 0 saturated carbocycles. The van der Waals surface area contributed by atoms with E-state index in [0.717, 1.165) is 22.0 Å². The first-order valence-electron chi connectivity index (χ1n) is 6.02. The Morgan fingerprint density at radius 3 is 2.67 bits per heavy atom. The van der Waals surface area contributed by atoms with Crippen molar-refractivity contribution >= 4 is 21.7 Å². The molecule has 0 aromatic heterocycles. The molecule has 0 amide bonds. The van der Waals surface area contributed by atoms with Crippen LogP contribution in [0.2, 0.25) is 0 Å². The summed E-state index contributed by atoms with van der Waals surface area (Å²) in [6.45, 7) is 4.22. The lowest BCUT2D eigenvalue weighted by molar-refractivity contribution is -0.117. The van der Waals surface area contributed by atoms with E-state index in [1.54, 1.807) is 12.1 Å². The van der Waals surface area contributed by atoms with Crippen molar-refractivity contribution in [3.8, 4) is 0 Å². The van der Waals surface area contributed by atoms with Crippen molar-refractivity contribution in [2.75, 3.05) is 0 Å². The normalized spacial score (nSPS) is 18.7. The molecule has 0 fully saturated rings. The fourth-order valence-electron chi connectivity index (χ4n) is 2.50. The maximum atomic E-state index is 13.0. The number of carbonyl (C=O) groups excluding carboxylic acids is 1. The summed E-state index contributed by atoms with van der Waals surface area (Å²) in [6.07, 6.45) is 3.99. The topological polar surface area (TPSA) is 17.1 Å². The highest BCUT2D eigenvalue weighted by molar-refractivity contribution is 9.10. The molecule has 0 saturated heterocycles. The second-order valence-corrected chi connectivity index (χ2v) is 6.55. The van der Waals surface area contributed by atoms with Crippen molar-refractivity contribution in [2.45, 2.75) is 33.1 Å². The van der Waals surface area contributed by atoms with E-state index in [0.29, 0.717) is 12.8 Å². The van der Waals surface area contributed by atoms with E-state index in [2.05, 4.69) is 29.8 Å². The average Bonchev–Trinajstić information content (AvgIpc) is 2.19. The first-order valence-corrected chi connectivity index (χ1v) is 6.81. The zero-order valence-electron chi connectivity index (χ0n) is 10.6. The zero-order valence-corrected chi connectivity index (χ0v) is 12.2. The molecule has 0 unspecified atom stereocenters. The molecule has 0 heterocycles. The molecule has 3 heteroatoms. The quantitative estimate of drug-likeness (QED) is 0.789. The van der Waals surface area contributed by atoms with Crippen LogP contribution in [-0.4, -0.2) is 5.78 Å². The summed E-state index contributed by atoms with van der Waals surface area (Å²) in [7, 11) is 0. The third kappa shape index (κ3) is 3.29. The van der Waals surface area contributed by atoms with Gasteiger partial charge in [0, 0.05) is 10.9 Å². The first kappa shape index (κ1) is 13.5. The summed E-state index contributed by atoms with van der Waals surface area (Å²) >= 11 is 3.37. The number of rotatable bonds is 2. The van der Waals surface area contributed by atoms with Crippen molar-refractivity contribution < 1.29 is 9.18 Å². The van der Waals surface area contributed by atoms with Gasteiger partial charge in [0.25, 0.3) is 0 Å². The second-order valence-electron chi connectivity index (χ2n) is 5.70. The van der Waals surface area contributed by atoms with Crippen LogP contribution in [0.1, 0.15) is 32.3 Å². The molecule has 0 spiro atoms. The Balaban J connectivity index is 2.21. The number of halogens is 2. The van der Waals surface area contributed by atoms with Gasteiger partial charge >= 0.3 is 0 Å². The largest absolute Gasteiger partial charge is 0.295 e. The number of hydrogen-bond donors (Lipinski definition) is 0. The van der Waals surface area contributed by atoms with E-state index < -0.39 is 0 Å². The lowest BCUT2D eigenvalue weighted by Crippen LogP contribution is -2.22. The van der Waals surface area contributed by atoms with E-state index in [1.165, 1.54) is 12.1 Å². The highest BCUT2D eigenvalue weighted by atomic mass is 79.9. The smallest absolute Gasteiger partial charge is 0.156 e. The summed E-state index contributed by atoms with van der Waals surface area (Å²) in [5.41, 5.74) is 2.19. The average molecular weight is 311 g/mol. The van der Waals surface area contributed by atoms with Gasteiger partial charge in [-0.05, 0) is 42.0 Å². The Morgan fingerprint density at radius 1 is 1.33 bits per heavy atom. The monoisotopic (exact) mass is 310 g/mol. The molecule has 96 valence electrons. The van der Waals surface area contributed by atoms with Gasteiger partial charge in [0.15, 0.2) is 5.78 Å². The van der Waals surface area contributed by atoms with Crippen LogP contribution in [0.4, 0.5) is 4.39 Å². The molecule has 1 aromatic rings. The molecule has 2 rings (SSSR count). The summed E-state index contributed by atoms with van der Waals surface area (Å²) in [4.78, 5) is 11.7. The molecule has 1 nitrogen and oxygen atoms in total. The predicted molar refractivity (Wildman–Crippen MR) is 73.9 cm³/mol. The Kier molecular flexibility index (Phi) is 3.71. The molecule has 1 aromatic carbocycles. The van der Waals surface area contributed by atoms with Crippen molar-refractivity contribution in [1.82, 2.24) is 0 Å². The number of ketones is 1. The van der Waals surface area contributed by atoms with E-state index in [-0.39, 0.29) is 17.0 Å².